The van der Waals surface area contributed by atoms with Crippen molar-refractivity contribution in [2.75, 3.05) is 6.54 Å². The van der Waals surface area contributed by atoms with Gasteiger partial charge in [0.05, 0.1) is 12.2 Å². The first-order valence-electron chi connectivity index (χ1n) is 7.23. The number of benzene rings is 1. The van der Waals surface area contributed by atoms with E-state index in [0.717, 1.165) is 16.7 Å². The number of hydrogen-bond donors (Lipinski definition) is 2. The van der Waals surface area contributed by atoms with E-state index in [9.17, 15) is 9.18 Å². The van der Waals surface area contributed by atoms with Gasteiger partial charge in [0.1, 0.15) is 5.82 Å². The molecule has 0 saturated heterocycles. The van der Waals surface area contributed by atoms with E-state index in [1.807, 2.05) is 27.1 Å². The molecule has 2 rings (SSSR count). The molecule has 0 fully saturated rings. The van der Waals surface area contributed by atoms with E-state index in [2.05, 4.69) is 15.7 Å². The SMILES string of the molecule is Cc1cc(F)ccc1CCNC(=O)N[C@H](C)c1cnn(C)c1. The molecular formula is C16H21FN4O. The Morgan fingerprint density at radius 1 is 1.45 bits per heavy atom. The van der Waals surface area contributed by atoms with Gasteiger partial charge in [-0.25, -0.2) is 9.18 Å². The van der Waals surface area contributed by atoms with Crippen LogP contribution in [0.1, 0.15) is 29.7 Å². The third kappa shape index (κ3) is 4.31. The van der Waals surface area contributed by atoms with Gasteiger partial charge in [-0.2, -0.15) is 5.10 Å². The highest BCUT2D eigenvalue weighted by Crippen LogP contribution is 2.11. The van der Waals surface area contributed by atoms with Gasteiger partial charge < -0.3 is 10.6 Å². The van der Waals surface area contributed by atoms with Crippen LogP contribution in [0.3, 0.4) is 0 Å². The summed E-state index contributed by atoms with van der Waals surface area (Å²) in [6.45, 7) is 4.27. The molecule has 2 N–H and O–H groups in total. The van der Waals surface area contributed by atoms with Gasteiger partial charge in [-0.05, 0) is 43.5 Å². The Balaban J connectivity index is 1.78. The van der Waals surface area contributed by atoms with Crippen molar-refractivity contribution in [3.05, 3.63) is 53.1 Å². The van der Waals surface area contributed by atoms with E-state index in [1.54, 1.807) is 16.9 Å². The quantitative estimate of drug-likeness (QED) is 0.891. The summed E-state index contributed by atoms with van der Waals surface area (Å²) in [7, 11) is 1.83. The van der Waals surface area contributed by atoms with Crippen LogP contribution >= 0.6 is 0 Å². The molecule has 2 aromatic rings. The average molecular weight is 304 g/mol. The van der Waals surface area contributed by atoms with Crippen molar-refractivity contribution >= 4 is 6.03 Å². The van der Waals surface area contributed by atoms with E-state index < -0.39 is 0 Å². The number of rotatable bonds is 5. The fourth-order valence-corrected chi connectivity index (χ4v) is 2.25. The average Bonchev–Trinajstić information content (AvgIpc) is 2.88. The number of halogens is 1. The molecular weight excluding hydrogens is 283 g/mol. The lowest BCUT2D eigenvalue weighted by molar-refractivity contribution is 0.238. The molecule has 0 radical (unpaired) electrons. The van der Waals surface area contributed by atoms with Crippen LogP contribution in [0, 0.1) is 12.7 Å². The summed E-state index contributed by atoms with van der Waals surface area (Å²) in [4.78, 5) is 11.9. The lowest BCUT2D eigenvalue weighted by Crippen LogP contribution is -2.38. The zero-order valence-electron chi connectivity index (χ0n) is 13.1. The summed E-state index contributed by atoms with van der Waals surface area (Å²) in [5.74, 6) is -0.239. The lowest BCUT2D eigenvalue weighted by Gasteiger charge is -2.13. The highest BCUT2D eigenvalue weighted by atomic mass is 19.1. The number of aryl methyl sites for hydroxylation is 2. The molecule has 2 amide bonds. The molecule has 1 heterocycles. The molecule has 0 aliphatic rings. The Morgan fingerprint density at radius 3 is 2.86 bits per heavy atom. The van der Waals surface area contributed by atoms with Crippen molar-refractivity contribution in [1.82, 2.24) is 20.4 Å². The lowest BCUT2D eigenvalue weighted by atomic mass is 10.1. The minimum absolute atomic E-state index is 0.110. The fourth-order valence-electron chi connectivity index (χ4n) is 2.25. The van der Waals surface area contributed by atoms with Crippen molar-refractivity contribution in [3.8, 4) is 0 Å². The van der Waals surface area contributed by atoms with Crippen molar-refractivity contribution < 1.29 is 9.18 Å². The molecule has 0 aliphatic carbocycles. The second kappa shape index (κ2) is 7.06. The van der Waals surface area contributed by atoms with Gasteiger partial charge in [0.25, 0.3) is 0 Å². The first kappa shape index (κ1) is 16.0. The zero-order valence-corrected chi connectivity index (χ0v) is 13.1. The summed E-state index contributed by atoms with van der Waals surface area (Å²) in [5, 5.41) is 9.74. The summed E-state index contributed by atoms with van der Waals surface area (Å²) in [5.41, 5.74) is 2.87. The second-order valence-electron chi connectivity index (χ2n) is 5.39. The first-order chi connectivity index (χ1) is 10.5. The number of nitrogens with zero attached hydrogens (tertiary/aromatic N) is 2. The zero-order chi connectivity index (χ0) is 16.1. The molecule has 0 bridgehead atoms. The standard InChI is InChI=1S/C16H21FN4O/c1-11-8-15(17)5-4-13(11)6-7-18-16(22)20-12(2)14-9-19-21(3)10-14/h4-5,8-10,12H,6-7H2,1-3H3,(H2,18,20,22)/t12-/m1/s1. The fraction of sp³-hybridized carbons (Fsp3) is 0.375. The van der Waals surface area contributed by atoms with E-state index >= 15 is 0 Å². The number of carbonyl (C=O) groups excluding carboxylic acids is 1. The normalized spacial score (nSPS) is 12.0. The molecule has 0 aliphatic heterocycles. The number of aromatic nitrogens is 2. The number of urea groups is 1. The van der Waals surface area contributed by atoms with Crippen molar-refractivity contribution in [2.45, 2.75) is 26.3 Å². The van der Waals surface area contributed by atoms with Crippen LogP contribution in [-0.2, 0) is 13.5 Å². The van der Waals surface area contributed by atoms with Gasteiger partial charge in [0, 0.05) is 25.4 Å². The maximum Gasteiger partial charge on any atom is 0.315 e. The van der Waals surface area contributed by atoms with Crippen molar-refractivity contribution in [2.24, 2.45) is 7.05 Å². The van der Waals surface area contributed by atoms with E-state index in [1.165, 1.54) is 12.1 Å². The van der Waals surface area contributed by atoms with Gasteiger partial charge in [0.15, 0.2) is 0 Å². The molecule has 6 heteroatoms. The number of hydrogen-bond acceptors (Lipinski definition) is 2. The predicted molar refractivity (Wildman–Crippen MR) is 83.0 cm³/mol. The van der Waals surface area contributed by atoms with Crippen LogP contribution < -0.4 is 10.6 Å². The summed E-state index contributed by atoms with van der Waals surface area (Å²) < 4.78 is 14.7. The topological polar surface area (TPSA) is 59.0 Å². The smallest absolute Gasteiger partial charge is 0.315 e. The van der Waals surface area contributed by atoms with Gasteiger partial charge in [0.2, 0.25) is 0 Å². The predicted octanol–water partition coefficient (Wildman–Crippen LogP) is 2.47. The van der Waals surface area contributed by atoms with Crippen LogP contribution in [0.25, 0.3) is 0 Å². The Bertz CT molecular complexity index is 653. The summed E-state index contributed by atoms with van der Waals surface area (Å²) in [6, 6.07) is 4.35. The van der Waals surface area contributed by atoms with Gasteiger partial charge in [-0.3, -0.25) is 4.68 Å². The van der Waals surface area contributed by atoms with E-state index in [-0.39, 0.29) is 17.9 Å². The molecule has 0 spiro atoms. The van der Waals surface area contributed by atoms with E-state index in [0.29, 0.717) is 13.0 Å². The van der Waals surface area contributed by atoms with E-state index in [4.69, 9.17) is 0 Å². The van der Waals surface area contributed by atoms with Gasteiger partial charge >= 0.3 is 6.03 Å². The maximum atomic E-state index is 13.0. The monoisotopic (exact) mass is 304 g/mol. The molecule has 1 atom stereocenters. The largest absolute Gasteiger partial charge is 0.338 e. The summed E-state index contributed by atoms with van der Waals surface area (Å²) in [6.07, 6.45) is 4.26. The van der Waals surface area contributed by atoms with Crippen molar-refractivity contribution in [1.29, 1.82) is 0 Å². The molecule has 0 unspecified atom stereocenters. The number of nitrogens with one attached hydrogen (secondary N) is 2. The molecule has 0 saturated carbocycles. The Morgan fingerprint density at radius 2 is 2.23 bits per heavy atom. The molecule has 5 nitrogen and oxygen atoms in total. The Kier molecular flexibility index (Phi) is 5.14. The Labute approximate surface area is 129 Å². The van der Waals surface area contributed by atoms with Gasteiger partial charge in [-0.1, -0.05) is 6.07 Å². The molecule has 22 heavy (non-hydrogen) atoms. The summed E-state index contributed by atoms with van der Waals surface area (Å²) >= 11 is 0. The highest BCUT2D eigenvalue weighted by molar-refractivity contribution is 5.74. The third-order valence-electron chi connectivity index (χ3n) is 3.56. The van der Waals surface area contributed by atoms with Crippen LogP contribution in [-0.4, -0.2) is 22.4 Å². The van der Waals surface area contributed by atoms with Crippen LogP contribution in [0.5, 0.6) is 0 Å². The first-order valence-corrected chi connectivity index (χ1v) is 7.23. The van der Waals surface area contributed by atoms with Crippen molar-refractivity contribution in [3.63, 3.8) is 0 Å². The highest BCUT2D eigenvalue weighted by Gasteiger charge is 2.10. The minimum Gasteiger partial charge on any atom is -0.338 e. The number of carbonyl (C=O) groups is 1. The van der Waals surface area contributed by atoms with Gasteiger partial charge in [-0.15, -0.1) is 0 Å². The maximum absolute atomic E-state index is 13.0. The van der Waals surface area contributed by atoms with Crippen LogP contribution in [0.15, 0.2) is 30.6 Å². The third-order valence-corrected chi connectivity index (χ3v) is 3.56. The molecule has 1 aromatic carbocycles. The van der Waals surface area contributed by atoms with Crippen LogP contribution in [0.2, 0.25) is 0 Å². The Hall–Kier alpha value is -2.37. The van der Waals surface area contributed by atoms with Crippen LogP contribution in [0.4, 0.5) is 9.18 Å². The molecule has 118 valence electrons. The number of amides is 2. The second-order valence-corrected chi connectivity index (χ2v) is 5.39. The minimum atomic E-state index is -0.239. The molecule has 1 aromatic heterocycles.